The quantitative estimate of drug-likeness (QED) is 0.725. The van der Waals surface area contributed by atoms with Gasteiger partial charge in [0.1, 0.15) is 5.52 Å². The molecule has 146 valence electrons. The third-order valence-electron chi connectivity index (χ3n) is 6.05. The predicted molar refractivity (Wildman–Crippen MR) is 94.8 cm³/mol. The molecule has 0 aromatic carbocycles. The van der Waals surface area contributed by atoms with Gasteiger partial charge in [0.2, 0.25) is 5.95 Å². The lowest BCUT2D eigenvalue weighted by Crippen LogP contribution is -2.40. The summed E-state index contributed by atoms with van der Waals surface area (Å²) in [6.07, 6.45) is 3.64. The van der Waals surface area contributed by atoms with Crippen molar-refractivity contribution >= 4 is 11.4 Å². The minimum absolute atomic E-state index is 0.0695. The van der Waals surface area contributed by atoms with Crippen molar-refractivity contribution in [3.8, 4) is 5.95 Å². The zero-order chi connectivity index (χ0) is 19.7. The summed E-state index contributed by atoms with van der Waals surface area (Å²) in [5.74, 6) is -2.63. The van der Waals surface area contributed by atoms with E-state index in [4.69, 9.17) is 0 Å². The zero-order valence-electron chi connectivity index (χ0n) is 15.2. The van der Waals surface area contributed by atoms with Crippen LogP contribution in [0.3, 0.4) is 0 Å². The lowest BCUT2D eigenvalue weighted by Gasteiger charge is -2.32. The minimum atomic E-state index is -2.59. The topological polar surface area (TPSA) is 88.3 Å². The van der Waals surface area contributed by atoms with Gasteiger partial charge in [0.25, 0.3) is 17.4 Å². The van der Waals surface area contributed by atoms with E-state index < -0.39 is 11.3 Å². The van der Waals surface area contributed by atoms with Gasteiger partial charge < -0.3 is 4.90 Å². The molecule has 0 unspecified atom stereocenters. The second-order valence-corrected chi connectivity index (χ2v) is 7.62. The number of likely N-dealkylation sites (tertiary alicyclic amines) is 1. The van der Waals surface area contributed by atoms with Gasteiger partial charge >= 0.3 is 0 Å². The first kappa shape index (κ1) is 17.1. The number of amides is 1. The number of aromatic nitrogens is 5. The van der Waals surface area contributed by atoms with Crippen LogP contribution in [-0.4, -0.2) is 54.2 Å². The van der Waals surface area contributed by atoms with Gasteiger partial charge in [0.15, 0.2) is 0 Å². The van der Waals surface area contributed by atoms with E-state index >= 15 is 0 Å². The van der Waals surface area contributed by atoms with E-state index in [2.05, 4.69) is 15.2 Å². The number of carbonyl (C=O) groups excluding carboxylic acids is 1. The molecular weight excluding hydrogens is 370 g/mol. The molecule has 1 amide bonds. The molecule has 5 rings (SSSR count). The van der Waals surface area contributed by atoms with Gasteiger partial charge in [0, 0.05) is 31.1 Å². The SMILES string of the molecule is Cc1c(C(=O)N2CCC3(CC2)CC3(F)F)cnn1-c1nn2cccc2c(=O)[nH]1. The molecule has 0 atom stereocenters. The molecule has 1 aliphatic carbocycles. The number of H-pyrrole nitrogens is 1. The first-order chi connectivity index (χ1) is 13.3. The maximum absolute atomic E-state index is 13.5. The summed E-state index contributed by atoms with van der Waals surface area (Å²) in [4.78, 5) is 29.3. The highest BCUT2D eigenvalue weighted by atomic mass is 19.3. The van der Waals surface area contributed by atoms with Crippen LogP contribution in [0.4, 0.5) is 8.78 Å². The maximum atomic E-state index is 13.5. The Morgan fingerprint density at radius 1 is 1.29 bits per heavy atom. The van der Waals surface area contributed by atoms with Crippen LogP contribution in [-0.2, 0) is 0 Å². The molecule has 0 radical (unpaired) electrons. The van der Waals surface area contributed by atoms with E-state index in [9.17, 15) is 18.4 Å². The number of nitrogens with zero attached hydrogens (tertiary/aromatic N) is 5. The van der Waals surface area contributed by atoms with Crippen LogP contribution in [0.15, 0.2) is 29.3 Å². The van der Waals surface area contributed by atoms with E-state index in [1.54, 1.807) is 30.2 Å². The fraction of sp³-hybridized carbons (Fsp3) is 0.444. The van der Waals surface area contributed by atoms with Crippen molar-refractivity contribution in [1.82, 2.24) is 29.3 Å². The Balaban J connectivity index is 1.41. The summed E-state index contributed by atoms with van der Waals surface area (Å²) in [5, 5.41) is 8.51. The number of alkyl halides is 2. The largest absolute Gasteiger partial charge is 0.338 e. The van der Waals surface area contributed by atoms with E-state index in [0.717, 1.165) is 0 Å². The Labute approximate surface area is 157 Å². The van der Waals surface area contributed by atoms with Crippen molar-refractivity contribution < 1.29 is 13.6 Å². The number of aromatic amines is 1. The van der Waals surface area contributed by atoms with Crippen LogP contribution in [0.2, 0.25) is 0 Å². The van der Waals surface area contributed by atoms with Gasteiger partial charge in [-0.1, -0.05) is 0 Å². The van der Waals surface area contributed by atoms with Crippen LogP contribution in [0.1, 0.15) is 35.3 Å². The first-order valence-electron chi connectivity index (χ1n) is 9.11. The van der Waals surface area contributed by atoms with Crippen molar-refractivity contribution in [2.75, 3.05) is 13.1 Å². The number of fused-ring (bicyclic) bond motifs is 1. The summed E-state index contributed by atoms with van der Waals surface area (Å²) in [5.41, 5.74) is 0.0809. The number of halogens is 2. The summed E-state index contributed by atoms with van der Waals surface area (Å²) in [6, 6.07) is 3.35. The molecule has 0 bridgehead atoms. The Hall–Kier alpha value is -3.04. The fourth-order valence-corrected chi connectivity index (χ4v) is 4.09. The average Bonchev–Trinajstić information content (AvgIpc) is 3.06. The van der Waals surface area contributed by atoms with Crippen molar-refractivity contribution in [2.24, 2.45) is 5.41 Å². The molecule has 10 heteroatoms. The Kier molecular flexibility index (Phi) is 3.35. The zero-order valence-corrected chi connectivity index (χ0v) is 15.2. The Morgan fingerprint density at radius 2 is 2.00 bits per heavy atom. The van der Waals surface area contributed by atoms with Crippen LogP contribution < -0.4 is 5.56 Å². The molecule has 4 heterocycles. The maximum Gasteiger partial charge on any atom is 0.276 e. The Bertz CT molecular complexity index is 1150. The van der Waals surface area contributed by atoms with Gasteiger partial charge in [-0.2, -0.15) is 5.10 Å². The molecule has 3 aromatic heterocycles. The van der Waals surface area contributed by atoms with E-state index in [-0.39, 0.29) is 23.8 Å². The predicted octanol–water partition coefficient (Wildman–Crippen LogP) is 1.78. The lowest BCUT2D eigenvalue weighted by molar-refractivity contribution is 0.0284. The molecule has 1 saturated carbocycles. The molecule has 2 fully saturated rings. The summed E-state index contributed by atoms with van der Waals surface area (Å²) < 4.78 is 29.9. The Morgan fingerprint density at radius 3 is 2.68 bits per heavy atom. The van der Waals surface area contributed by atoms with Gasteiger partial charge in [-0.25, -0.2) is 18.0 Å². The normalized spacial score (nSPS) is 20.0. The van der Waals surface area contributed by atoms with Crippen molar-refractivity contribution in [3.63, 3.8) is 0 Å². The van der Waals surface area contributed by atoms with Crippen molar-refractivity contribution in [2.45, 2.75) is 32.1 Å². The molecule has 8 nitrogen and oxygen atoms in total. The van der Waals surface area contributed by atoms with Gasteiger partial charge in [-0.3, -0.25) is 14.6 Å². The molecule has 1 spiro atoms. The number of piperidine rings is 1. The van der Waals surface area contributed by atoms with Crippen LogP contribution in [0.25, 0.3) is 11.5 Å². The lowest BCUT2D eigenvalue weighted by atomic mass is 9.92. The fourth-order valence-electron chi connectivity index (χ4n) is 4.09. The van der Waals surface area contributed by atoms with E-state index in [1.807, 2.05) is 0 Å². The highest BCUT2D eigenvalue weighted by Gasteiger charge is 2.70. The highest BCUT2D eigenvalue weighted by molar-refractivity contribution is 5.95. The summed E-state index contributed by atoms with van der Waals surface area (Å²) in [6.45, 7) is 2.33. The second kappa shape index (κ2) is 5.49. The molecule has 3 aromatic rings. The molecule has 1 saturated heterocycles. The first-order valence-corrected chi connectivity index (χ1v) is 9.11. The molecule has 28 heavy (non-hydrogen) atoms. The minimum Gasteiger partial charge on any atom is -0.338 e. The average molecular weight is 388 g/mol. The molecule has 2 aliphatic rings. The van der Waals surface area contributed by atoms with E-state index in [1.165, 1.54) is 15.4 Å². The second-order valence-electron chi connectivity index (χ2n) is 7.62. The van der Waals surface area contributed by atoms with Gasteiger partial charge in [-0.05, 0) is 31.9 Å². The summed E-state index contributed by atoms with van der Waals surface area (Å²) in [7, 11) is 0. The number of carbonyl (C=O) groups is 1. The standard InChI is InChI=1S/C18H18F2N6O2/c1-11-12(15(28)24-7-4-17(5-8-24)10-18(17,19)20)9-21-26(11)16-22-14(27)13-3-2-6-25(13)23-16/h2-3,6,9H,4-5,7-8,10H2,1H3,(H,22,23,27). The number of hydrogen-bond donors (Lipinski definition) is 1. The van der Waals surface area contributed by atoms with E-state index in [0.29, 0.717) is 42.7 Å². The molecule has 1 aliphatic heterocycles. The highest BCUT2D eigenvalue weighted by Crippen LogP contribution is 2.65. The number of hydrogen-bond acceptors (Lipinski definition) is 4. The van der Waals surface area contributed by atoms with Crippen molar-refractivity contribution in [3.05, 3.63) is 46.1 Å². The van der Waals surface area contributed by atoms with Crippen LogP contribution in [0.5, 0.6) is 0 Å². The monoisotopic (exact) mass is 388 g/mol. The van der Waals surface area contributed by atoms with Crippen molar-refractivity contribution in [1.29, 1.82) is 0 Å². The van der Waals surface area contributed by atoms with Gasteiger partial charge in [0.05, 0.1) is 17.5 Å². The van der Waals surface area contributed by atoms with Gasteiger partial charge in [-0.15, -0.1) is 5.10 Å². The third kappa shape index (κ3) is 2.33. The molecule has 1 N–H and O–H groups in total. The smallest absolute Gasteiger partial charge is 0.276 e. The number of rotatable bonds is 2. The third-order valence-corrected chi connectivity index (χ3v) is 6.05. The van der Waals surface area contributed by atoms with Crippen LogP contribution >= 0.6 is 0 Å². The molecular formula is C18H18F2N6O2. The summed E-state index contributed by atoms with van der Waals surface area (Å²) >= 11 is 0. The number of nitrogens with one attached hydrogen (secondary N) is 1. The van der Waals surface area contributed by atoms with Crippen LogP contribution in [0, 0.1) is 12.3 Å².